The van der Waals surface area contributed by atoms with Gasteiger partial charge in [-0.1, -0.05) is 18.2 Å². The summed E-state index contributed by atoms with van der Waals surface area (Å²) in [5.41, 5.74) is 4.87. The van der Waals surface area contributed by atoms with Crippen LogP contribution >= 0.6 is 0 Å². The third-order valence-electron chi connectivity index (χ3n) is 5.96. The van der Waals surface area contributed by atoms with Crippen molar-refractivity contribution in [3.05, 3.63) is 71.4 Å². The van der Waals surface area contributed by atoms with E-state index in [1.807, 2.05) is 49.8 Å². The van der Waals surface area contributed by atoms with Crippen molar-refractivity contribution in [1.82, 2.24) is 15.1 Å². The van der Waals surface area contributed by atoms with Crippen LogP contribution in [0, 0.1) is 25.7 Å². The van der Waals surface area contributed by atoms with E-state index in [4.69, 9.17) is 0 Å². The molecule has 2 aromatic rings. The zero-order valence-electron chi connectivity index (χ0n) is 17.8. The first-order valence-electron chi connectivity index (χ1n) is 10.3. The van der Waals surface area contributed by atoms with Gasteiger partial charge in [0.25, 0.3) is 5.91 Å². The molecule has 2 atom stereocenters. The maximum absolute atomic E-state index is 13.4. The van der Waals surface area contributed by atoms with E-state index >= 15 is 0 Å². The minimum Gasteiger partial charge on any atom is -0.332 e. The average Bonchev–Trinajstić information content (AvgIpc) is 3.08. The maximum atomic E-state index is 13.4. The number of hydrogen-bond acceptors (Lipinski definition) is 3. The number of nitrogens with zero attached hydrogens (tertiary/aromatic N) is 2. The summed E-state index contributed by atoms with van der Waals surface area (Å²) in [6.45, 7) is 3.91. The Balaban J connectivity index is 1.58. The Kier molecular flexibility index (Phi) is 5.59. The Labute approximate surface area is 180 Å². The van der Waals surface area contributed by atoms with E-state index in [0.29, 0.717) is 17.7 Å². The summed E-state index contributed by atoms with van der Waals surface area (Å²) in [6, 6.07) is 7.82. The van der Waals surface area contributed by atoms with Crippen LogP contribution in [0.2, 0.25) is 0 Å². The van der Waals surface area contributed by atoms with Crippen molar-refractivity contribution in [2.24, 2.45) is 18.9 Å². The topological polar surface area (TPSA) is 76.0 Å². The molecule has 0 saturated carbocycles. The molecule has 2 N–H and O–H groups in total. The first kappa shape index (κ1) is 20.8. The van der Waals surface area contributed by atoms with E-state index in [-0.39, 0.29) is 35.9 Å². The number of halogens is 1. The van der Waals surface area contributed by atoms with E-state index in [1.165, 1.54) is 18.4 Å². The number of rotatable bonds is 4. The largest absolute Gasteiger partial charge is 0.332 e. The van der Waals surface area contributed by atoms with Crippen LogP contribution in [0.3, 0.4) is 0 Å². The number of anilines is 1. The number of nitrogens with one attached hydrogen (secondary N) is 2. The molecule has 1 aliphatic heterocycles. The standard InChI is InChI=1S/C24H25FN4O2/c1-14-4-5-17(22-10-15(2)29(3)28-22)11-21(14)27-24(31)20-13-26-23(30)12-19(20)16-6-8-18(25)9-7-16/h4-6,8-11,13,16,19H,7,12H2,1-3H3,(H,26,30)(H,27,31). The van der Waals surface area contributed by atoms with Crippen molar-refractivity contribution in [2.45, 2.75) is 26.7 Å². The molecule has 2 amide bonds. The fourth-order valence-electron chi connectivity index (χ4n) is 3.97. The quantitative estimate of drug-likeness (QED) is 0.782. The second-order valence-corrected chi connectivity index (χ2v) is 8.10. The molecule has 2 heterocycles. The van der Waals surface area contributed by atoms with Crippen LogP contribution in [0.15, 0.2) is 60.1 Å². The van der Waals surface area contributed by atoms with E-state index in [2.05, 4.69) is 15.7 Å². The Morgan fingerprint density at radius 3 is 2.77 bits per heavy atom. The Morgan fingerprint density at radius 1 is 1.29 bits per heavy atom. The van der Waals surface area contributed by atoms with Crippen LogP contribution in [0.1, 0.15) is 24.1 Å². The van der Waals surface area contributed by atoms with Gasteiger partial charge in [0.2, 0.25) is 5.91 Å². The number of amides is 2. The van der Waals surface area contributed by atoms with Gasteiger partial charge in [0.15, 0.2) is 0 Å². The highest BCUT2D eigenvalue weighted by atomic mass is 19.1. The number of carbonyl (C=O) groups excluding carboxylic acids is 2. The zero-order valence-corrected chi connectivity index (χ0v) is 17.8. The number of aromatic nitrogens is 2. The van der Waals surface area contributed by atoms with Crippen molar-refractivity contribution < 1.29 is 14.0 Å². The molecule has 31 heavy (non-hydrogen) atoms. The van der Waals surface area contributed by atoms with E-state index in [0.717, 1.165) is 22.5 Å². The molecule has 7 heteroatoms. The van der Waals surface area contributed by atoms with Gasteiger partial charge in [-0.05, 0) is 56.0 Å². The third kappa shape index (κ3) is 4.35. The molecule has 0 fully saturated rings. The summed E-state index contributed by atoms with van der Waals surface area (Å²) in [6.07, 6.45) is 6.77. The van der Waals surface area contributed by atoms with Crippen molar-refractivity contribution in [3.63, 3.8) is 0 Å². The third-order valence-corrected chi connectivity index (χ3v) is 5.96. The molecule has 0 bridgehead atoms. The summed E-state index contributed by atoms with van der Waals surface area (Å²) in [5.74, 6) is -1.12. The fourth-order valence-corrected chi connectivity index (χ4v) is 3.97. The van der Waals surface area contributed by atoms with Gasteiger partial charge in [-0.25, -0.2) is 4.39 Å². The van der Waals surface area contributed by atoms with E-state index < -0.39 is 0 Å². The molecule has 1 aromatic heterocycles. The van der Waals surface area contributed by atoms with Crippen molar-refractivity contribution in [3.8, 4) is 11.3 Å². The van der Waals surface area contributed by atoms with Crippen LogP contribution in [-0.2, 0) is 16.6 Å². The summed E-state index contributed by atoms with van der Waals surface area (Å²) in [7, 11) is 1.89. The number of allylic oxidation sites excluding steroid dienone is 4. The zero-order chi connectivity index (χ0) is 22.1. The molecule has 1 aliphatic carbocycles. The fraction of sp³-hybridized carbons (Fsp3) is 0.292. The van der Waals surface area contributed by atoms with Gasteiger partial charge >= 0.3 is 0 Å². The lowest BCUT2D eigenvalue weighted by atomic mass is 9.78. The number of aryl methyl sites for hydroxylation is 3. The van der Waals surface area contributed by atoms with Gasteiger partial charge < -0.3 is 10.6 Å². The lowest BCUT2D eigenvalue weighted by Crippen LogP contribution is -2.36. The average molecular weight is 420 g/mol. The second kappa shape index (κ2) is 8.34. The van der Waals surface area contributed by atoms with Crippen molar-refractivity contribution in [1.29, 1.82) is 0 Å². The molecular weight excluding hydrogens is 395 g/mol. The monoisotopic (exact) mass is 420 g/mol. The van der Waals surface area contributed by atoms with Crippen LogP contribution in [0.4, 0.5) is 10.1 Å². The smallest absolute Gasteiger partial charge is 0.253 e. The minimum absolute atomic E-state index is 0.105. The highest BCUT2D eigenvalue weighted by molar-refractivity contribution is 6.06. The molecule has 0 spiro atoms. The Bertz CT molecular complexity index is 1120. The van der Waals surface area contributed by atoms with Gasteiger partial charge in [-0.3, -0.25) is 14.3 Å². The molecule has 1 aromatic carbocycles. The normalized spacial score (nSPS) is 20.7. The molecule has 4 rings (SSSR count). The van der Waals surface area contributed by atoms with Crippen LogP contribution in [-0.4, -0.2) is 21.6 Å². The van der Waals surface area contributed by atoms with Crippen LogP contribution < -0.4 is 10.6 Å². The lowest BCUT2D eigenvalue weighted by molar-refractivity contribution is -0.122. The van der Waals surface area contributed by atoms with Gasteiger partial charge in [0.1, 0.15) is 5.83 Å². The Hall–Kier alpha value is -3.48. The molecule has 2 unspecified atom stereocenters. The first-order chi connectivity index (χ1) is 14.8. The highest BCUT2D eigenvalue weighted by Gasteiger charge is 2.33. The molecule has 160 valence electrons. The number of benzene rings is 1. The second-order valence-electron chi connectivity index (χ2n) is 8.10. The van der Waals surface area contributed by atoms with E-state index in [9.17, 15) is 14.0 Å². The van der Waals surface area contributed by atoms with Gasteiger partial charge in [-0.2, -0.15) is 5.10 Å². The molecule has 2 aliphatic rings. The molecular formula is C24H25FN4O2. The number of carbonyl (C=O) groups is 2. The first-order valence-corrected chi connectivity index (χ1v) is 10.3. The van der Waals surface area contributed by atoms with Crippen LogP contribution in [0.5, 0.6) is 0 Å². The van der Waals surface area contributed by atoms with Gasteiger partial charge in [0, 0.05) is 48.1 Å². The lowest BCUT2D eigenvalue weighted by Gasteiger charge is -2.29. The molecule has 0 saturated heterocycles. The maximum Gasteiger partial charge on any atom is 0.253 e. The molecule has 0 radical (unpaired) electrons. The van der Waals surface area contributed by atoms with Gasteiger partial charge in [0.05, 0.1) is 5.69 Å². The molecule has 6 nitrogen and oxygen atoms in total. The Morgan fingerprint density at radius 2 is 2.10 bits per heavy atom. The van der Waals surface area contributed by atoms with Crippen molar-refractivity contribution in [2.75, 3.05) is 5.32 Å². The predicted molar refractivity (Wildman–Crippen MR) is 118 cm³/mol. The van der Waals surface area contributed by atoms with E-state index in [1.54, 1.807) is 6.08 Å². The predicted octanol–water partition coefficient (Wildman–Crippen LogP) is 4.09. The summed E-state index contributed by atoms with van der Waals surface area (Å²) >= 11 is 0. The summed E-state index contributed by atoms with van der Waals surface area (Å²) in [5, 5.41) is 10.2. The van der Waals surface area contributed by atoms with Gasteiger partial charge in [-0.15, -0.1) is 0 Å². The highest BCUT2D eigenvalue weighted by Crippen LogP contribution is 2.34. The summed E-state index contributed by atoms with van der Waals surface area (Å²) < 4.78 is 15.2. The SMILES string of the molecule is Cc1ccc(-c2cc(C)n(C)n2)cc1NC(=O)C1=CNC(=O)CC1C1C=CC(F)=CC1. The van der Waals surface area contributed by atoms with Crippen molar-refractivity contribution >= 4 is 17.5 Å². The summed E-state index contributed by atoms with van der Waals surface area (Å²) in [4.78, 5) is 25.2. The van der Waals surface area contributed by atoms with Crippen LogP contribution in [0.25, 0.3) is 11.3 Å². The minimum atomic E-state index is -0.309. The number of hydrogen-bond donors (Lipinski definition) is 2.